The summed E-state index contributed by atoms with van der Waals surface area (Å²) < 4.78 is 10.9. The smallest absolute Gasteiger partial charge is 0.414 e. The fraction of sp³-hybridized carbons (Fsp3) is 0.389. The number of thiocarbonyl (C=S) groups is 1. The third kappa shape index (κ3) is 3.11. The van der Waals surface area contributed by atoms with Crippen LogP contribution in [0.25, 0.3) is 11.3 Å². The molecule has 2 aliphatic rings. The van der Waals surface area contributed by atoms with Gasteiger partial charge in [0, 0.05) is 16.8 Å². The highest BCUT2D eigenvalue weighted by Crippen LogP contribution is 2.35. The number of amides is 1. The lowest BCUT2D eigenvalue weighted by Gasteiger charge is -2.16. The number of anilines is 1. The van der Waals surface area contributed by atoms with Crippen molar-refractivity contribution in [2.45, 2.75) is 32.3 Å². The summed E-state index contributed by atoms with van der Waals surface area (Å²) in [4.78, 5) is 14.6. The second-order valence-corrected chi connectivity index (χ2v) is 7.04. The third-order valence-electron chi connectivity index (χ3n) is 4.63. The number of rotatable bonds is 3. The van der Waals surface area contributed by atoms with Crippen molar-refractivity contribution in [2.24, 2.45) is 0 Å². The molecule has 130 valence electrons. The van der Waals surface area contributed by atoms with Crippen molar-refractivity contribution >= 4 is 29.0 Å². The Kier molecular flexibility index (Phi) is 4.17. The van der Waals surface area contributed by atoms with E-state index in [4.69, 9.17) is 21.5 Å². The van der Waals surface area contributed by atoms with Crippen molar-refractivity contribution in [3.05, 3.63) is 35.5 Å². The van der Waals surface area contributed by atoms with E-state index in [0.29, 0.717) is 18.1 Å². The summed E-state index contributed by atoms with van der Waals surface area (Å²) >= 11 is 5.01. The zero-order valence-electron chi connectivity index (χ0n) is 13.9. The minimum atomic E-state index is -0.317. The Labute approximate surface area is 151 Å². The van der Waals surface area contributed by atoms with Crippen LogP contribution in [0.3, 0.4) is 0 Å². The predicted octanol–water partition coefficient (Wildman–Crippen LogP) is 3.09. The van der Waals surface area contributed by atoms with Crippen molar-refractivity contribution < 1.29 is 14.1 Å². The van der Waals surface area contributed by atoms with Crippen molar-refractivity contribution in [3.8, 4) is 11.3 Å². The van der Waals surface area contributed by atoms with Gasteiger partial charge in [-0.2, -0.15) is 0 Å². The molecular formula is C18H19N3O3S. The molecule has 1 fully saturated rings. The summed E-state index contributed by atoms with van der Waals surface area (Å²) in [5.74, 6) is 0.849. The summed E-state index contributed by atoms with van der Waals surface area (Å²) in [5.41, 5.74) is 4.25. The highest BCUT2D eigenvalue weighted by molar-refractivity contribution is 7.80. The standard InChI is InChI=1S/C18H19N3O3S/c1-11(25)19-9-15-10-21(18(22)23-15)14-5-6-16-12(7-14)3-2-4-13-8-20-24-17(13)16/h5-8,15H,2-4,9-10H2,1H3,(H,19,25)/t15-/m0/s1. The molecule has 1 saturated heterocycles. The van der Waals surface area contributed by atoms with Gasteiger partial charge in [0.05, 0.1) is 24.3 Å². The highest BCUT2D eigenvalue weighted by Gasteiger charge is 2.32. The molecule has 7 heteroatoms. The average Bonchev–Trinajstić information content (AvgIpc) is 3.15. The summed E-state index contributed by atoms with van der Waals surface area (Å²) in [7, 11) is 0. The molecule has 1 N–H and O–H groups in total. The Morgan fingerprint density at radius 3 is 3.08 bits per heavy atom. The molecule has 1 aliphatic heterocycles. The van der Waals surface area contributed by atoms with E-state index >= 15 is 0 Å². The number of hydrogen-bond donors (Lipinski definition) is 1. The molecule has 4 rings (SSSR count). The first-order valence-electron chi connectivity index (χ1n) is 8.41. The average molecular weight is 357 g/mol. The van der Waals surface area contributed by atoms with Gasteiger partial charge in [0.15, 0.2) is 5.76 Å². The molecule has 0 bridgehead atoms. The molecule has 2 heterocycles. The van der Waals surface area contributed by atoms with Crippen LogP contribution in [0.4, 0.5) is 10.5 Å². The molecule has 1 atom stereocenters. The van der Waals surface area contributed by atoms with Crippen molar-refractivity contribution in [3.63, 3.8) is 0 Å². The van der Waals surface area contributed by atoms with Gasteiger partial charge in [0.1, 0.15) is 6.10 Å². The van der Waals surface area contributed by atoms with Gasteiger partial charge >= 0.3 is 6.09 Å². The number of carbonyl (C=O) groups is 1. The lowest BCUT2D eigenvalue weighted by molar-refractivity contribution is 0.143. The molecule has 0 saturated carbocycles. The largest absolute Gasteiger partial charge is 0.442 e. The number of fused-ring (bicyclic) bond motifs is 3. The Bertz CT molecular complexity index is 833. The van der Waals surface area contributed by atoms with E-state index in [0.717, 1.165) is 41.8 Å². The number of nitrogens with one attached hydrogen (secondary N) is 1. The second kappa shape index (κ2) is 6.48. The number of cyclic esters (lactones) is 1. The van der Waals surface area contributed by atoms with Gasteiger partial charge in [0.25, 0.3) is 0 Å². The quantitative estimate of drug-likeness (QED) is 0.852. The van der Waals surface area contributed by atoms with E-state index in [-0.39, 0.29) is 12.2 Å². The van der Waals surface area contributed by atoms with Crippen LogP contribution in [-0.2, 0) is 17.6 Å². The molecule has 6 nitrogen and oxygen atoms in total. The normalized spacial score (nSPS) is 19.0. The molecule has 1 aliphatic carbocycles. The maximum Gasteiger partial charge on any atom is 0.414 e. The molecule has 0 unspecified atom stereocenters. The number of carbonyl (C=O) groups excluding carboxylic acids is 1. The van der Waals surface area contributed by atoms with E-state index in [1.807, 2.05) is 19.1 Å². The van der Waals surface area contributed by atoms with Crippen molar-refractivity contribution in [1.82, 2.24) is 10.5 Å². The number of nitrogens with zero attached hydrogens (tertiary/aromatic N) is 2. The first-order chi connectivity index (χ1) is 12.1. The summed E-state index contributed by atoms with van der Waals surface area (Å²) in [6, 6.07) is 6.02. The minimum Gasteiger partial charge on any atom is -0.442 e. The minimum absolute atomic E-state index is 0.204. The Morgan fingerprint density at radius 2 is 2.24 bits per heavy atom. The van der Waals surface area contributed by atoms with Gasteiger partial charge in [0.2, 0.25) is 0 Å². The maximum absolute atomic E-state index is 12.2. The van der Waals surface area contributed by atoms with E-state index in [1.54, 1.807) is 11.1 Å². The van der Waals surface area contributed by atoms with Gasteiger partial charge in [-0.25, -0.2) is 4.79 Å². The predicted molar refractivity (Wildman–Crippen MR) is 97.9 cm³/mol. The molecule has 1 amide bonds. The van der Waals surface area contributed by atoms with Crippen molar-refractivity contribution in [1.29, 1.82) is 0 Å². The zero-order valence-corrected chi connectivity index (χ0v) is 14.8. The topological polar surface area (TPSA) is 67.6 Å². The van der Waals surface area contributed by atoms with Crippen LogP contribution in [0, 0.1) is 0 Å². The Hall–Kier alpha value is -2.41. The van der Waals surface area contributed by atoms with E-state index in [2.05, 4.69) is 16.5 Å². The molecule has 1 aromatic heterocycles. The van der Waals surface area contributed by atoms with E-state index in [9.17, 15) is 4.79 Å². The van der Waals surface area contributed by atoms with Crippen LogP contribution in [0.5, 0.6) is 0 Å². The SMILES string of the molecule is CC(=S)NC[C@H]1CN(c2ccc3c(c2)CCCc2cnoc2-3)C(=O)O1. The van der Waals surface area contributed by atoms with Gasteiger partial charge in [-0.15, -0.1) is 0 Å². The number of hydrogen-bond acceptors (Lipinski definition) is 5. The fourth-order valence-corrected chi connectivity index (χ4v) is 3.49. The second-order valence-electron chi connectivity index (χ2n) is 6.43. The van der Waals surface area contributed by atoms with E-state index in [1.165, 1.54) is 5.56 Å². The van der Waals surface area contributed by atoms with Crippen LogP contribution >= 0.6 is 12.2 Å². The highest BCUT2D eigenvalue weighted by atomic mass is 32.1. The van der Waals surface area contributed by atoms with Crippen LogP contribution in [0.2, 0.25) is 0 Å². The first kappa shape index (κ1) is 16.1. The number of benzene rings is 1. The lowest BCUT2D eigenvalue weighted by Crippen LogP contribution is -2.32. The summed E-state index contributed by atoms with van der Waals surface area (Å²) in [6.45, 7) is 2.86. The van der Waals surface area contributed by atoms with Crippen LogP contribution in [0.15, 0.2) is 28.9 Å². The monoisotopic (exact) mass is 357 g/mol. The summed E-state index contributed by atoms with van der Waals surface area (Å²) in [5, 5.41) is 6.98. The van der Waals surface area contributed by atoms with Crippen LogP contribution in [0.1, 0.15) is 24.5 Å². The Balaban J connectivity index is 1.58. The molecular weight excluding hydrogens is 338 g/mol. The molecule has 0 radical (unpaired) electrons. The molecule has 0 spiro atoms. The molecule has 1 aromatic carbocycles. The van der Waals surface area contributed by atoms with Gasteiger partial charge in [-0.1, -0.05) is 17.4 Å². The van der Waals surface area contributed by atoms with Gasteiger partial charge in [-0.3, -0.25) is 4.90 Å². The first-order valence-corrected chi connectivity index (χ1v) is 8.82. The number of aromatic nitrogens is 1. The summed E-state index contributed by atoms with van der Waals surface area (Å²) in [6.07, 6.45) is 4.22. The number of aryl methyl sites for hydroxylation is 2. The maximum atomic E-state index is 12.2. The zero-order chi connectivity index (χ0) is 17.4. The Morgan fingerprint density at radius 1 is 1.40 bits per heavy atom. The van der Waals surface area contributed by atoms with Crippen molar-refractivity contribution in [2.75, 3.05) is 18.0 Å². The molecule has 25 heavy (non-hydrogen) atoms. The molecule has 2 aromatic rings. The van der Waals surface area contributed by atoms with Gasteiger partial charge < -0.3 is 14.6 Å². The third-order valence-corrected chi connectivity index (χ3v) is 4.78. The lowest BCUT2D eigenvalue weighted by atomic mass is 10.0. The number of ether oxygens (including phenoxy) is 1. The van der Waals surface area contributed by atoms with Gasteiger partial charge in [-0.05, 0) is 49.9 Å². The van der Waals surface area contributed by atoms with Crippen LogP contribution in [-0.4, -0.2) is 35.4 Å². The van der Waals surface area contributed by atoms with Crippen LogP contribution < -0.4 is 10.2 Å². The fourth-order valence-electron chi connectivity index (χ4n) is 3.40. The van der Waals surface area contributed by atoms with E-state index < -0.39 is 0 Å².